The van der Waals surface area contributed by atoms with E-state index in [4.69, 9.17) is 4.74 Å². The van der Waals surface area contributed by atoms with Crippen molar-refractivity contribution in [1.82, 2.24) is 5.32 Å². The smallest absolute Gasteiger partial charge is 0.251 e. The number of rotatable bonds is 5. The van der Waals surface area contributed by atoms with Gasteiger partial charge >= 0.3 is 0 Å². The summed E-state index contributed by atoms with van der Waals surface area (Å²) in [5.41, 5.74) is 0.993. The molecule has 1 N–H and O–H groups in total. The minimum Gasteiger partial charge on any atom is -0.487 e. The van der Waals surface area contributed by atoms with Crippen molar-refractivity contribution in [2.24, 2.45) is 11.8 Å². The van der Waals surface area contributed by atoms with Crippen LogP contribution in [-0.4, -0.2) is 24.3 Å². The number of halogens is 1. The zero-order valence-electron chi connectivity index (χ0n) is 15.6. The molecular weight excluding hydrogens is 333 g/mol. The average molecular weight is 361 g/mol. The van der Waals surface area contributed by atoms with Crippen molar-refractivity contribution in [2.75, 3.05) is 0 Å². The Hall–Kier alpha value is -1.91. The van der Waals surface area contributed by atoms with Crippen LogP contribution in [0.5, 0.6) is 5.75 Å². The molecule has 2 fully saturated rings. The summed E-state index contributed by atoms with van der Waals surface area (Å²) in [5, 5.41) is 2.94. The minimum atomic E-state index is -0.427. The molecule has 1 aromatic carbocycles. The van der Waals surface area contributed by atoms with E-state index in [1.165, 1.54) is 12.1 Å². The highest BCUT2D eigenvalue weighted by molar-refractivity contribution is 5.96. The third-order valence-electron chi connectivity index (χ3n) is 5.84. The maximum absolute atomic E-state index is 14.3. The summed E-state index contributed by atoms with van der Waals surface area (Å²) >= 11 is 0. The quantitative estimate of drug-likeness (QED) is 0.800. The van der Waals surface area contributed by atoms with E-state index < -0.39 is 5.82 Å². The van der Waals surface area contributed by atoms with Gasteiger partial charge < -0.3 is 14.8 Å². The molecule has 4 nitrogen and oxygen atoms in total. The first kappa shape index (κ1) is 18.9. The van der Waals surface area contributed by atoms with E-state index in [-0.39, 0.29) is 29.7 Å². The molecule has 1 amide bonds. The maximum Gasteiger partial charge on any atom is 0.251 e. The van der Waals surface area contributed by atoms with Gasteiger partial charge in [0, 0.05) is 17.5 Å². The van der Waals surface area contributed by atoms with Gasteiger partial charge in [0.2, 0.25) is 0 Å². The molecule has 0 aromatic heterocycles. The average Bonchev–Trinajstić information content (AvgIpc) is 3.06. The zero-order chi connectivity index (χ0) is 18.7. The van der Waals surface area contributed by atoms with Crippen LogP contribution < -0.4 is 10.1 Å². The predicted molar refractivity (Wildman–Crippen MR) is 97.8 cm³/mol. The molecule has 142 valence electrons. The fourth-order valence-electron chi connectivity index (χ4n) is 4.09. The van der Waals surface area contributed by atoms with Gasteiger partial charge in [-0.3, -0.25) is 4.79 Å². The molecular formula is C21H28FNO3. The Kier molecular flexibility index (Phi) is 5.94. The highest BCUT2D eigenvalue weighted by Crippen LogP contribution is 2.30. The summed E-state index contributed by atoms with van der Waals surface area (Å²) in [7, 11) is 0. The lowest BCUT2D eigenvalue weighted by Gasteiger charge is -2.27. The third-order valence-corrected chi connectivity index (χ3v) is 5.84. The van der Waals surface area contributed by atoms with Gasteiger partial charge in [-0.05, 0) is 69.1 Å². The van der Waals surface area contributed by atoms with Crippen LogP contribution in [0.15, 0.2) is 12.1 Å². The summed E-state index contributed by atoms with van der Waals surface area (Å²) < 4.78 is 20.2. The normalized spacial score (nSPS) is 28.6. The summed E-state index contributed by atoms with van der Waals surface area (Å²) in [4.78, 5) is 23.8. The van der Waals surface area contributed by atoms with Gasteiger partial charge in [-0.25, -0.2) is 4.39 Å². The largest absolute Gasteiger partial charge is 0.487 e. The Bertz CT molecular complexity index is 667. The van der Waals surface area contributed by atoms with Gasteiger partial charge in [-0.15, -0.1) is 0 Å². The maximum atomic E-state index is 14.3. The first-order valence-corrected chi connectivity index (χ1v) is 9.71. The zero-order valence-corrected chi connectivity index (χ0v) is 15.6. The highest BCUT2D eigenvalue weighted by atomic mass is 19.1. The molecule has 0 unspecified atom stereocenters. The van der Waals surface area contributed by atoms with Crippen LogP contribution in [0.1, 0.15) is 67.8 Å². The second-order valence-corrected chi connectivity index (χ2v) is 7.91. The standard InChI is InChI=1S/C21H28FNO3/c1-13-6-8-16(9-7-13)26-20-11-17(14(2)10-18(20)22)21(25)23-19-5-3-4-15(19)12-24/h10-13,15-16,19H,3-9H2,1-2H3,(H,23,25)/t13?,15-,16?,19-/m1/s1. The Morgan fingerprint density at radius 3 is 2.62 bits per heavy atom. The molecule has 0 spiro atoms. The van der Waals surface area contributed by atoms with Crippen LogP contribution in [0.4, 0.5) is 4.39 Å². The van der Waals surface area contributed by atoms with Gasteiger partial charge in [0.1, 0.15) is 6.29 Å². The lowest BCUT2D eigenvalue weighted by atomic mass is 9.89. The predicted octanol–water partition coefficient (Wildman–Crippen LogP) is 4.19. The first-order valence-electron chi connectivity index (χ1n) is 9.71. The number of benzene rings is 1. The first-order chi connectivity index (χ1) is 12.5. The molecule has 3 rings (SSSR count). The number of hydrogen-bond acceptors (Lipinski definition) is 3. The van der Waals surface area contributed by atoms with Crippen molar-refractivity contribution in [2.45, 2.75) is 70.9 Å². The van der Waals surface area contributed by atoms with E-state index in [0.717, 1.165) is 51.2 Å². The van der Waals surface area contributed by atoms with Gasteiger partial charge in [-0.2, -0.15) is 0 Å². The lowest BCUT2D eigenvalue weighted by Crippen LogP contribution is -2.38. The van der Waals surface area contributed by atoms with Crippen molar-refractivity contribution in [1.29, 1.82) is 0 Å². The molecule has 1 aromatic rings. The van der Waals surface area contributed by atoms with Gasteiger partial charge in [0.25, 0.3) is 5.91 Å². The third kappa shape index (κ3) is 4.25. The number of aryl methyl sites for hydroxylation is 1. The van der Waals surface area contributed by atoms with Crippen molar-refractivity contribution in [3.05, 3.63) is 29.1 Å². The SMILES string of the molecule is Cc1cc(F)c(OC2CCC(C)CC2)cc1C(=O)N[C@@H]1CCC[C@@H]1C=O. The summed E-state index contributed by atoms with van der Waals surface area (Å²) in [5.74, 6) is 0.0298. The topological polar surface area (TPSA) is 55.4 Å². The van der Waals surface area contributed by atoms with Crippen LogP contribution in [0.3, 0.4) is 0 Å². The Balaban J connectivity index is 1.72. The summed E-state index contributed by atoms with van der Waals surface area (Å²) in [6.07, 6.45) is 7.48. The number of ether oxygens (including phenoxy) is 1. The number of carbonyl (C=O) groups excluding carboxylic acids is 2. The molecule has 2 atom stereocenters. The molecule has 0 aliphatic heterocycles. The fourth-order valence-corrected chi connectivity index (χ4v) is 4.09. The molecule has 0 bridgehead atoms. The fraction of sp³-hybridized carbons (Fsp3) is 0.619. The monoisotopic (exact) mass is 361 g/mol. The molecule has 26 heavy (non-hydrogen) atoms. The van der Waals surface area contributed by atoms with Crippen LogP contribution in [0, 0.1) is 24.6 Å². The van der Waals surface area contributed by atoms with E-state index in [1.54, 1.807) is 6.92 Å². The highest BCUT2D eigenvalue weighted by Gasteiger charge is 2.29. The van der Waals surface area contributed by atoms with Gasteiger partial charge in [0.15, 0.2) is 11.6 Å². The number of carbonyl (C=O) groups is 2. The number of nitrogens with one attached hydrogen (secondary N) is 1. The Labute approximate surface area is 154 Å². The van der Waals surface area contributed by atoms with Crippen molar-refractivity contribution in [3.63, 3.8) is 0 Å². The van der Waals surface area contributed by atoms with E-state index in [0.29, 0.717) is 17.0 Å². The molecule has 0 saturated heterocycles. The Morgan fingerprint density at radius 1 is 1.19 bits per heavy atom. The molecule has 0 radical (unpaired) electrons. The van der Waals surface area contributed by atoms with E-state index >= 15 is 0 Å². The van der Waals surface area contributed by atoms with Gasteiger partial charge in [0.05, 0.1) is 6.10 Å². The number of hydrogen-bond donors (Lipinski definition) is 1. The second-order valence-electron chi connectivity index (χ2n) is 7.91. The lowest BCUT2D eigenvalue weighted by molar-refractivity contribution is -0.111. The van der Waals surface area contributed by atoms with Crippen LogP contribution in [-0.2, 0) is 4.79 Å². The van der Waals surface area contributed by atoms with E-state index in [9.17, 15) is 14.0 Å². The van der Waals surface area contributed by atoms with Crippen molar-refractivity contribution in [3.8, 4) is 5.75 Å². The Morgan fingerprint density at radius 2 is 1.92 bits per heavy atom. The molecule has 2 aliphatic carbocycles. The molecule has 5 heteroatoms. The summed E-state index contributed by atoms with van der Waals surface area (Å²) in [6, 6.07) is 2.75. The molecule has 2 aliphatic rings. The van der Waals surface area contributed by atoms with Crippen molar-refractivity contribution >= 4 is 12.2 Å². The van der Waals surface area contributed by atoms with E-state index in [1.807, 2.05) is 0 Å². The van der Waals surface area contributed by atoms with Crippen molar-refractivity contribution < 1.29 is 18.7 Å². The van der Waals surface area contributed by atoms with Crippen LogP contribution in [0.2, 0.25) is 0 Å². The number of amides is 1. The minimum absolute atomic E-state index is 0.00796. The second kappa shape index (κ2) is 8.19. The number of aldehydes is 1. The summed E-state index contributed by atoms with van der Waals surface area (Å²) in [6.45, 7) is 3.94. The van der Waals surface area contributed by atoms with E-state index in [2.05, 4.69) is 12.2 Å². The molecule has 2 saturated carbocycles. The van der Waals surface area contributed by atoms with Crippen LogP contribution in [0.25, 0.3) is 0 Å². The van der Waals surface area contributed by atoms with Gasteiger partial charge in [-0.1, -0.05) is 13.3 Å². The molecule has 0 heterocycles. The van der Waals surface area contributed by atoms with Crippen LogP contribution >= 0.6 is 0 Å².